The molecule has 0 fully saturated rings. The Morgan fingerprint density at radius 3 is 2.23 bits per heavy atom. The standard InChI is InChI=1S/C20H30F3NO5S/c1-19(2,3)18(26)29-14-8-7-11-17(25)12-13-24(30(27,28)20(21,22)23)15-16-9-5-4-6-10-16/h4-6,9-10,17,25H,7-8,11-15H2,1-3H3/t17-/m0/s1. The Labute approximate surface area is 176 Å². The minimum absolute atomic E-state index is 0.135. The molecule has 1 aromatic rings. The van der Waals surface area contributed by atoms with Crippen LogP contribution in [0.25, 0.3) is 0 Å². The molecule has 6 nitrogen and oxygen atoms in total. The summed E-state index contributed by atoms with van der Waals surface area (Å²) in [4.78, 5) is 11.6. The summed E-state index contributed by atoms with van der Waals surface area (Å²) in [7, 11) is -5.52. The van der Waals surface area contributed by atoms with Crippen LogP contribution in [0.5, 0.6) is 0 Å². The van der Waals surface area contributed by atoms with Gasteiger partial charge >= 0.3 is 21.5 Å². The lowest BCUT2D eigenvalue weighted by Gasteiger charge is -2.24. The molecular weight excluding hydrogens is 423 g/mol. The van der Waals surface area contributed by atoms with E-state index in [1.807, 2.05) is 0 Å². The molecule has 0 amide bonds. The summed E-state index contributed by atoms with van der Waals surface area (Å²) in [6, 6.07) is 7.96. The zero-order chi connectivity index (χ0) is 23.0. The van der Waals surface area contributed by atoms with E-state index in [0.29, 0.717) is 22.7 Å². The molecule has 0 saturated carbocycles. The summed E-state index contributed by atoms with van der Waals surface area (Å²) in [5.74, 6) is -0.336. The zero-order valence-corrected chi connectivity index (χ0v) is 18.3. The highest BCUT2D eigenvalue weighted by molar-refractivity contribution is 7.89. The molecule has 1 N–H and O–H groups in total. The van der Waals surface area contributed by atoms with Gasteiger partial charge in [0.15, 0.2) is 0 Å². The van der Waals surface area contributed by atoms with E-state index in [0.717, 1.165) is 0 Å². The number of carbonyl (C=O) groups excluding carboxylic acids is 1. The highest BCUT2D eigenvalue weighted by Crippen LogP contribution is 2.28. The number of benzene rings is 1. The van der Waals surface area contributed by atoms with E-state index in [9.17, 15) is 31.5 Å². The number of alkyl halides is 3. The van der Waals surface area contributed by atoms with Crippen LogP contribution in [0.15, 0.2) is 30.3 Å². The number of aliphatic hydroxyl groups excluding tert-OH is 1. The molecule has 30 heavy (non-hydrogen) atoms. The largest absolute Gasteiger partial charge is 0.511 e. The maximum absolute atomic E-state index is 13.0. The number of sulfonamides is 1. The summed E-state index contributed by atoms with van der Waals surface area (Å²) in [6.45, 7) is 4.49. The van der Waals surface area contributed by atoms with Gasteiger partial charge in [-0.05, 0) is 52.0 Å². The molecular formula is C20H30F3NO5S. The van der Waals surface area contributed by atoms with Crippen molar-refractivity contribution in [2.45, 2.75) is 64.6 Å². The minimum atomic E-state index is -5.52. The monoisotopic (exact) mass is 453 g/mol. The van der Waals surface area contributed by atoms with E-state index in [4.69, 9.17) is 4.74 Å². The van der Waals surface area contributed by atoms with Crippen LogP contribution in [0.2, 0.25) is 0 Å². The summed E-state index contributed by atoms with van der Waals surface area (Å²) >= 11 is 0. The van der Waals surface area contributed by atoms with Crippen LogP contribution in [0.3, 0.4) is 0 Å². The van der Waals surface area contributed by atoms with Crippen molar-refractivity contribution >= 4 is 16.0 Å². The van der Waals surface area contributed by atoms with Gasteiger partial charge in [-0.1, -0.05) is 30.3 Å². The molecule has 0 spiro atoms. The second-order valence-corrected chi connectivity index (χ2v) is 10.0. The fourth-order valence-corrected chi connectivity index (χ4v) is 3.48. The van der Waals surface area contributed by atoms with Crippen molar-refractivity contribution < 1.29 is 36.2 Å². The van der Waals surface area contributed by atoms with Gasteiger partial charge in [0.05, 0.1) is 18.1 Å². The third kappa shape index (κ3) is 8.61. The normalized spacial score (nSPS) is 14.0. The summed E-state index contributed by atoms with van der Waals surface area (Å²) in [5, 5.41) is 10.1. The molecule has 0 aliphatic rings. The van der Waals surface area contributed by atoms with E-state index in [1.165, 1.54) is 12.1 Å². The molecule has 0 aliphatic carbocycles. The number of rotatable bonds is 11. The molecule has 0 aliphatic heterocycles. The molecule has 0 heterocycles. The van der Waals surface area contributed by atoms with Crippen LogP contribution >= 0.6 is 0 Å². The highest BCUT2D eigenvalue weighted by atomic mass is 32.2. The number of nitrogens with zero attached hydrogens (tertiary/aromatic N) is 1. The Balaban J connectivity index is 2.55. The summed E-state index contributed by atoms with van der Waals surface area (Å²) in [6.07, 6.45) is 0.143. The smallest absolute Gasteiger partial charge is 0.465 e. The Hall–Kier alpha value is -1.65. The topological polar surface area (TPSA) is 83.9 Å². The van der Waals surface area contributed by atoms with Crippen molar-refractivity contribution in [2.24, 2.45) is 5.41 Å². The van der Waals surface area contributed by atoms with Crippen LogP contribution in [0.1, 0.15) is 52.0 Å². The predicted molar refractivity (Wildman–Crippen MR) is 107 cm³/mol. The van der Waals surface area contributed by atoms with Crippen LogP contribution < -0.4 is 0 Å². The van der Waals surface area contributed by atoms with E-state index in [1.54, 1.807) is 39.0 Å². The maximum atomic E-state index is 13.0. The fourth-order valence-electron chi connectivity index (χ4n) is 2.52. The average molecular weight is 454 g/mol. The summed E-state index contributed by atoms with van der Waals surface area (Å²) < 4.78 is 68.3. The first-order valence-electron chi connectivity index (χ1n) is 9.71. The molecule has 0 saturated heterocycles. The fraction of sp³-hybridized carbons (Fsp3) is 0.650. The molecule has 10 heteroatoms. The lowest BCUT2D eigenvalue weighted by atomic mass is 9.97. The van der Waals surface area contributed by atoms with Gasteiger partial charge in [0, 0.05) is 13.1 Å². The minimum Gasteiger partial charge on any atom is -0.465 e. The zero-order valence-electron chi connectivity index (χ0n) is 17.5. The van der Waals surface area contributed by atoms with Gasteiger partial charge < -0.3 is 9.84 Å². The van der Waals surface area contributed by atoms with Gasteiger partial charge in [-0.2, -0.15) is 17.5 Å². The van der Waals surface area contributed by atoms with Gasteiger partial charge in [-0.25, -0.2) is 8.42 Å². The first-order valence-corrected chi connectivity index (χ1v) is 11.1. The summed E-state index contributed by atoms with van der Waals surface area (Å²) in [5.41, 5.74) is -5.60. The van der Waals surface area contributed by atoms with Gasteiger partial charge in [-0.3, -0.25) is 4.79 Å². The molecule has 0 unspecified atom stereocenters. The van der Waals surface area contributed by atoms with Crippen molar-refractivity contribution in [1.82, 2.24) is 4.31 Å². The number of hydrogen-bond acceptors (Lipinski definition) is 5. The Morgan fingerprint density at radius 2 is 1.70 bits per heavy atom. The number of carbonyl (C=O) groups is 1. The molecule has 1 atom stereocenters. The number of unbranched alkanes of at least 4 members (excludes halogenated alkanes) is 1. The van der Waals surface area contributed by atoms with E-state index in [2.05, 4.69) is 0 Å². The molecule has 0 aromatic heterocycles. The third-order valence-corrected chi connectivity index (χ3v) is 5.90. The van der Waals surface area contributed by atoms with Crippen molar-refractivity contribution in [3.05, 3.63) is 35.9 Å². The van der Waals surface area contributed by atoms with Crippen molar-refractivity contribution in [1.29, 1.82) is 0 Å². The SMILES string of the molecule is CC(C)(C)C(=O)OCCCC[C@H](O)CCN(Cc1ccccc1)S(=O)(=O)C(F)(F)F. The van der Waals surface area contributed by atoms with Gasteiger partial charge in [0.1, 0.15) is 0 Å². The van der Waals surface area contributed by atoms with Crippen molar-refractivity contribution in [3.63, 3.8) is 0 Å². The van der Waals surface area contributed by atoms with Crippen molar-refractivity contribution in [2.75, 3.05) is 13.2 Å². The Kier molecular flexibility index (Phi) is 9.77. The van der Waals surface area contributed by atoms with Gasteiger partial charge in [0.25, 0.3) is 0 Å². The number of ether oxygens (including phenoxy) is 1. The van der Waals surface area contributed by atoms with E-state index >= 15 is 0 Å². The molecule has 0 radical (unpaired) electrons. The first kappa shape index (κ1) is 26.4. The molecule has 1 rings (SSSR count). The first-order chi connectivity index (χ1) is 13.7. The highest BCUT2D eigenvalue weighted by Gasteiger charge is 2.49. The number of aliphatic hydroxyl groups is 1. The van der Waals surface area contributed by atoms with Crippen LogP contribution in [-0.4, -0.2) is 48.6 Å². The van der Waals surface area contributed by atoms with E-state index in [-0.39, 0.29) is 25.4 Å². The molecule has 1 aromatic carbocycles. The number of esters is 1. The van der Waals surface area contributed by atoms with Gasteiger partial charge in [0.2, 0.25) is 0 Å². The molecule has 172 valence electrons. The second-order valence-electron chi connectivity index (χ2n) is 8.09. The quantitative estimate of drug-likeness (QED) is 0.406. The number of halogens is 3. The Morgan fingerprint density at radius 1 is 1.10 bits per heavy atom. The van der Waals surface area contributed by atoms with Crippen LogP contribution in [0.4, 0.5) is 13.2 Å². The maximum Gasteiger partial charge on any atom is 0.511 e. The predicted octanol–water partition coefficient (Wildman–Crippen LogP) is 3.85. The third-order valence-electron chi connectivity index (χ3n) is 4.32. The lowest BCUT2D eigenvalue weighted by molar-refractivity contribution is -0.153. The lowest BCUT2D eigenvalue weighted by Crippen LogP contribution is -2.41. The van der Waals surface area contributed by atoms with Crippen LogP contribution in [-0.2, 0) is 26.1 Å². The van der Waals surface area contributed by atoms with Crippen LogP contribution in [0, 0.1) is 5.41 Å². The Bertz CT molecular complexity index is 761. The van der Waals surface area contributed by atoms with E-state index < -0.39 is 40.1 Å². The van der Waals surface area contributed by atoms with Gasteiger partial charge in [-0.15, -0.1) is 0 Å². The molecule has 0 bridgehead atoms. The van der Waals surface area contributed by atoms with Crippen molar-refractivity contribution in [3.8, 4) is 0 Å². The average Bonchev–Trinajstić information content (AvgIpc) is 2.63. The second kappa shape index (κ2) is 11.1. The number of hydrogen-bond donors (Lipinski definition) is 1.